The molecule has 0 saturated heterocycles. The van der Waals surface area contributed by atoms with Gasteiger partial charge in [0.15, 0.2) is 0 Å². The second kappa shape index (κ2) is 3.82. The molecule has 0 aliphatic heterocycles. The fraction of sp³-hybridized carbons (Fsp3) is 0.286. The van der Waals surface area contributed by atoms with Gasteiger partial charge in [-0.25, -0.2) is 0 Å². The highest BCUT2D eigenvalue weighted by atomic mass is 79.9. The number of ketones is 1. The van der Waals surface area contributed by atoms with Crippen LogP contribution in [0.4, 0.5) is 22.0 Å². The number of alkyl halides is 5. The summed E-state index contributed by atoms with van der Waals surface area (Å²) in [5, 5.41) is 0. The molecule has 84 valence electrons. The highest BCUT2D eigenvalue weighted by molar-refractivity contribution is 9.11. The number of carbonyl (C=O) groups is 1. The smallest absolute Gasteiger partial charge is 0.286 e. The van der Waals surface area contributed by atoms with E-state index in [-0.39, 0.29) is 0 Å². The molecule has 1 rings (SSSR count). The minimum atomic E-state index is -5.86. The lowest BCUT2D eigenvalue weighted by Crippen LogP contribution is -2.43. The van der Waals surface area contributed by atoms with E-state index in [0.29, 0.717) is 15.1 Å². The van der Waals surface area contributed by atoms with Gasteiger partial charge in [0.05, 0.1) is 8.66 Å². The van der Waals surface area contributed by atoms with Crippen molar-refractivity contribution >= 4 is 33.0 Å². The summed E-state index contributed by atoms with van der Waals surface area (Å²) in [6.45, 7) is 0. The highest BCUT2D eigenvalue weighted by Gasteiger charge is 2.63. The van der Waals surface area contributed by atoms with Crippen LogP contribution in [0, 0.1) is 0 Å². The summed E-state index contributed by atoms with van der Waals surface area (Å²) in [6, 6.07) is 2.14. The van der Waals surface area contributed by atoms with Gasteiger partial charge in [-0.2, -0.15) is 22.0 Å². The molecular formula is C7H2BrF5OS. The number of Topliss-reactive ketones (excluding diaryl/α,β-unsaturated/α-hetero) is 1. The third-order valence-electron chi connectivity index (χ3n) is 1.44. The zero-order chi connectivity index (χ0) is 11.9. The Morgan fingerprint density at radius 1 is 1.20 bits per heavy atom. The molecule has 0 aliphatic rings. The van der Waals surface area contributed by atoms with Gasteiger partial charge < -0.3 is 0 Å². The predicted molar refractivity (Wildman–Crippen MR) is 47.4 cm³/mol. The Balaban J connectivity index is 3.05. The number of halogens is 6. The lowest BCUT2D eigenvalue weighted by atomic mass is 10.2. The Hall–Kier alpha value is -0.500. The average Bonchev–Trinajstić information content (AvgIpc) is 2.48. The van der Waals surface area contributed by atoms with Crippen molar-refractivity contribution in [3.8, 4) is 0 Å². The number of hydrogen-bond donors (Lipinski definition) is 0. The first-order valence-electron chi connectivity index (χ1n) is 3.41. The highest BCUT2D eigenvalue weighted by Crippen LogP contribution is 2.39. The largest absolute Gasteiger partial charge is 0.461 e. The Bertz CT molecular complexity index is 383. The van der Waals surface area contributed by atoms with E-state index in [9.17, 15) is 26.7 Å². The van der Waals surface area contributed by atoms with Crippen molar-refractivity contribution in [3.63, 3.8) is 0 Å². The molecule has 0 amide bonds. The predicted octanol–water partition coefficient (Wildman–Crippen LogP) is 3.89. The number of hydrogen-bond acceptors (Lipinski definition) is 2. The first-order valence-corrected chi connectivity index (χ1v) is 5.02. The quantitative estimate of drug-likeness (QED) is 0.598. The van der Waals surface area contributed by atoms with Crippen LogP contribution >= 0.6 is 27.3 Å². The Kier molecular flexibility index (Phi) is 3.20. The van der Waals surface area contributed by atoms with Gasteiger partial charge in [-0.15, -0.1) is 11.3 Å². The molecule has 0 fully saturated rings. The minimum Gasteiger partial charge on any atom is -0.286 e. The maximum atomic E-state index is 12.5. The van der Waals surface area contributed by atoms with Crippen molar-refractivity contribution in [2.24, 2.45) is 0 Å². The van der Waals surface area contributed by atoms with E-state index in [1.54, 1.807) is 0 Å². The van der Waals surface area contributed by atoms with Gasteiger partial charge in [-0.1, -0.05) is 0 Å². The molecule has 0 unspecified atom stereocenters. The molecule has 0 N–H and O–H groups in total. The van der Waals surface area contributed by atoms with Crippen LogP contribution in [0.5, 0.6) is 0 Å². The molecule has 1 aromatic heterocycles. The van der Waals surface area contributed by atoms with E-state index < -0.39 is 22.8 Å². The summed E-state index contributed by atoms with van der Waals surface area (Å²) in [5.41, 5.74) is 0. The molecule has 0 atom stereocenters. The van der Waals surface area contributed by atoms with Gasteiger partial charge in [-0.05, 0) is 28.1 Å². The van der Waals surface area contributed by atoms with E-state index in [1.807, 2.05) is 0 Å². The fourth-order valence-corrected chi connectivity index (χ4v) is 2.08. The third kappa shape index (κ3) is 2.36. The SMILES string of the molecule is O=C(c1ccc(Br)s1)C(F)(F)C(F)(F)F. The summed E-state index contributed by atoms with van der Waals surface area (Å²) in [6.07, 6.45) is -5.86. The minimum absolute atomic E-state index is 0.309. The van der Waals surface area contributed by atoms with Crippen LogP contribution in [0.3, 0.4) is 0 Å². The number of carbonyl (C=O) groups excluding carboxylic acids is 1. The first kappa shape index (κ1) is 12.6. The lowest BCUT2D eigenvalue weighted by Gasteiger charge is -2.16. The van der Waals surface area contributed by atoms with Crippen molar-refractivity contribution in [1.29, 1.82) is 0 Å². The van der Waals surface area contributed by atoms with E-state index >= 15 is 0 Å². The molecule has 0 radical (unpaired) electrons. The topological polar surface area (TPSA) is 17.1 Å². The van der Waals surface area contributed by atoms with Crippen LogP contribution in [-0.2, 0) is 0 Å². The van der Waals surface area contributed by atoms with Crippen LogP contribution in [0.25, 0.3) is 0 Å². The van der Waals surface area contributed by atoms with Crippen molar-refractivity contribution in [1.82, 2.24) is 0 Å². The molecule has 1 aromatic rings. The molecule has 0 bridgehead atoms. The maximum Gasteiger partial charge on any atom is 0.461 e. The van der Waals surface area contributed by atoms with Crippen LogP contribution in [0.1, 0.15) is 9.67 Å². The van der Waals surface area contributed by atoms with Gasteiger partial charge in [0.1, 0.15) is 0 Å². The molecule has 1 heterocycles. The van der Waals surface area contributed by atoms with Crippen molar-refractivity contribution in [3.05, 3.63) is 20.8 Å². The summed E-state index contributed by atoms with van der Waals surface area (Å²) >= 11 is 3.38. The molecule has 1 nitrogen and oxygen atoms in total. The fourth-order valence-electron chi connectivity index (χ4n) is 0.720. The summed E-state index contributed by atoms with van der Waals surface area (Å²) in [4.78, 5) is 10.2. The second-order valence-corrected chi connectivity index (χ2v) is 4.97. The molecule has 0 spiro atoms. The van der Waals surface area contributed by atoms with E-state index in [4.69, 9.17) is 0 Å². The van der Waals surface area contributed by atoms with Crippen molar-refractivity contribution in [2.75, 3.05) is 0 Å². The molecule has 0 aromatic carbocycles. The number of rotatable bonds is 2. The van der Waals surface area contributed by atoms with E-state index in [2.05, 4.69) is 15.9 Å². The first-order chi connectivity index (χ1) is 6.66. The molecule has 15 heavy (non-hydrogen) atoms. The average molecular weight is 309 g/mol. The summed E-state index contributed by atoms with van der Waals surface area (Å²) < 4.78 is 60.8. The lowest BCUT2D eigenvalue weighted by molar-refractivity contribution is -0.255. The Morgan fingerprint density at radius 2 is 1.73 bits per heavy atom. The zero-order valence-electron chi connectivity index (χ0n) is 6.74. The molecule has 0 saturated carbocycles. The maximum absolute atomic E-state index is 12.5. The van der Waals surface area contributed by atoms with E-state index in [0.717, 1.165) is 6.07 Å². The van der Waals surface area contributed by atoms with E-state index in [1.165, 1.54) is 6.07 Å². The Labute approximate surface area is 93.0 Å². The molecule has 0 aliphatic carbocycles. The third-order valence-corrected chi connectivity index (χ3v) is 3.06. The zero-order valence-corrected chi connectivity index (χ0v) is 9.14. The van der Waals surface area contributed by atoms with Gasteiger partial charge in [0.2, 0.25) is 0 Å². The standard InChI is InChI=1S/C7H2BrF5OS/c8-4-2-1-3(15-4)5(14)6(9,10)7(11,12)13/h1-2H. The number of thiophene rings is 1. The van der Waals surface area contributed by atoms with Gasteiger partial charge in [0, 0.05) is 0 Å². The van der Waals surface area contributed by atoms with Gasteiger partial charge in [-0.3, -0.25) is 4.79 Å². The second-order valence-electron chi connectivity index (χ2n) is 2.51. The van der Waals surface area contributed by atoms with Crippen molar-refractivity contribution in [2.45, 2.75) is 12.1 Å². The summed E-state index contributed by atoms with van der Waals surface area (Å²) in [7, 11) is 0. The van der Waals surface area contributed by atoms with Crippen molar-refractivity contribution < 1.29 is 26.7 Å². The summed E-state index contributed by atoms with van der Waals surface area (Å²) in [5.74, 6) is -7.57. The normalized spacial score (nSPS) is 12.9. The molecular weight excluding hydrogens is 307 g/mol. The monoisotopic (exact) mass is 308 g/mol. The van der Waals surface area contributed by atoms with Crippen LogP contribution in [0.15, 0.2) is 15.9 Å². The van der Waals surface area contributed by atoms with Crippen LogP contribution in [-0.4, -0.2) is 17.9 Å². The van der Waals surface area contributed by atoms with Gasteiger partial charge in [0.25, 0.3) is 5.78 Å². The van der Waals surface area contributed by atoms with Crippen LogP contribution in [0.2, 0.25) is 0 Å². The van der Waals surface area contributed by atoms with Gasteiger partial charge >= 0.3 is 12.1 Å². The van der Waals surface area contributed by atoms with Crippen LogP contribution < -0.4 is 0 Å². The Morgan fingerprint density at radius 3 is 2.07 bits per heavy atom. The molecule has 8 heteroatoms.